The first-order chi connectivity index (χ1) is 12.3. The second-order valence-corrected chi connectivity index (χ2v) is 6.97. The number of carbonyl (C=O) groups is 3. The molecule has 0 aliphatic carbocycles. The summed E-state index contributed by atoms with van der Waals surface area (Å²) in [5.74, 6) is -1.27. The van der Waals surface area contributed by atoms with Gasteiger partial charge in [-0.05, 0) is 17.7 Å². The molecule has 2 rings (SSSR count). The van der Waals surface area contributed by atoms with Gasteiger partial charge in [0.25, 0.3) is 5.91 Å². The molecule has 1 unspecified atom stereocenters. The van der Waals surface area contributed by atoms with Crippen LogP contribution in [0.3, 0.4) is 0 Å². The lowest BCUT2D eigenvalue weighted by Gasteiger charge is -2.20. The van der Waals surface area contributed by atoms with Gasteiger partial charge in [0, 0.05) is 11.8 Å². The van der Waals surface area contributed by atoms with Crippen molar-refractivity contribution >= 4 is 17.7 Å². The second kappa shape index (κ2) is 8.47. The summed E-state index contributed by atoms with van der Waals surface area (Å²) in [6.45, 7) is 4.93. The molecule has 0 saturated carbocycles. The zero-order valence-electron chi connectivity index (χ0n) is 15.2. The van der Waals surface area contributed by atoms with E-state index in [2.05, 4.69) is 5.32 Å². The Morgan fingerprint density at radius 1 is 1.08 bits per heavy atom. The molecule has 1 amide bonds. The van der Waals surface area contributed by atoms with Gasteiger partial charge in [-0.15, -0.1) is 0 Å². The molecule has 0 bridgehead atoms. The number of hydrogen-bond acceptors (Lipinski definition) is 5. The smallest absolute Gasteiger partial charge is 0.329 e. The van der Waals surface area contributed by atoms with Gasteiger partial charge in [0.1, 0.15) is 6.04 Å². The second-order valence-electron chi connectivity index (χ2n) is 6.97. The maximum atomic E-state index is 12.5. The van der Waals surface area contributed by atoms with Crippen molar-refractivity contribution in [2.75, 3.05) is 6.61 Å². The summed E-state index contributed by atoms with van der Waals surface area (Å²) in [7, 11) is 0. The van der Waals surface area contributed by atoms with Crippen molar-refractivity contribution in [2.24, 2.45) is 5.41 Å². The van der Waals surface area contributed by atoms with E-state index >= 15 is 0 Å². The fraction of sp³-hybridized carbons (Fsp3) is 0.350. The van der Waals surface area contributed by atoms with Crippen LogP contribution in [0.1, 0.15) is 36.9 Å². The van der Waals surface area contributed by atoms with Crippen LogP contribution in [0.4, 0.5) is 0 Å². The predicted molar refractivity (Wildman–Crippen MR) is 95.5 cm³/mol. The van der Waals surface area contributed by atoms with E-state index in [1.54, 1.807) is 26.8 Å². The topological polar surface area (TPSA) is 85.6 Å². The molecule has 1 heterocycles. The average molecular weight is 357 g/mol. The van der Waals surface area contributed by atoms with Crippen molar-refractivity contribution in [1.82, 2.24) is 5.32 Å². The van der Waals surface area contributed by atoms with Gasteiger partial charge in [0.15, 0.2) is 18.2 Å². The lowest BCUT2D eigenvalue weighted by molar-refractivity contribution is -0.151. The Balaban J connectivity index is 2.07. The molecule has 6 heteroatoms. The first kappa shape index (κ1) is 19.4. The maximum absolute atomic E-state index is 12.5. The molecular formula is C20H23NO5. The van der Waals surface area contributed by atoms with Crippen LogP contribution in [-0.2, 0) is 20.7 Å². The summed E-state index contributed by atoms with van der Waals surface area (Å²) in [6.07, 6.45) is 1.62. The van der Waals surface area contributed by atoms with E-state index in [0.717, 1.165) is 5.56 Å². The summed E-state index contributed by atoms with van der Waals surface area (Å²) >= 11 is 0. The lowest BCUT2D eigenvalue weighted by Crippen LogP contribution is -2.44. The Morgan fingerprint density at radius 2 is 1.77 bits per heavy atom. The third-order valence-corrected chi connectivity index (χ3v) is 3.80. The summed E-state index contributed by atoms with van der Waals surface area (Å²) < 4.78 is 10.2. The van der Waals surface area contributed by atoms with Gasteiger partial charge >= 0.3 is 5.97 Å². The van der Waals surface area contributed by atoms with Crippen LogP contribution in [0.25, 0.3) is 0 Å². The molecule has 0 fully saturated rings. The number of rotatable bonds is 7. The molecule has 6 nitrogen and oxygen atoms in total. The molecule has 1 aromatic carbocycles. The SMILES string of the molecule is CC(C)(C)C(=O)COC(=O)C(Cc1ccccc1)NC(=O)c1ccco1. The number of furan rings is 1. The number of esters is 1. The minimum atomic E-state index is -0.928. The van der Waals surface area contributed by atoms with Gasteiger partial charge in [0.05, 0.1) is 6.26 Å². The zero-order chi connectivity index (χ0) is 19.2. The molecule has 26 heavy (non-hydrogen) atoms. The molecule has 0 spiro atoms. The highest BCUT2D eigenvalue weighted by Gasteiger charge is 2.27. The van der Waals surface area contributed by atoms with Crippen LogP contribution in [0.5, 0.6) is 0 Å². The number of Topliss-reactive ketones (excluding diaryl/α,β-unsaturated/α-hetero) is 1. The van der Waals surface area contributed by atoms with Crippen molar-refractivity contribution in [3.8, 4) is 0 Å². The number of carbonyl (C=O) groups excluding carboxylic acids is 3. The molecule has 1 N–H and O–H groups in total. The normalized spacial score (nSPS) is 12.3. The number of ether oxygens (including phenoxy) is 1. The summed E-state index contributed by atoms with van der Waals surface area (Å²) in [6, 6.07) is 11.4. The van der Waals surface area contributed by atoms with E-state index in [-0.39, 0.29) is 24.6 Å². The molecule has 1 aromatic heterocycles. The maximum Gasteiger partial charge on any atom is 0.329 e. The van der Waals surface area contributed by atoms with Crippen LogP contribution in [0.15, 0.2) is 53.1 Å². The van der Waals surface area contributed by atoms with E-state index < -0.39 is 23.3 Å². The average Bonchev–Trinajstić information content (AvgIpc) is 3.13. The number of nitrogens with one attached hydrogen (secondary N) is 1. The Kier molecular flexibility index (Phi) is 6.33. The van der Waals surface area contributed by atoms with Crippen molar-refractivity contribution in [3.63, 3.8) is 0 Å². The van der Waals surface area contributed by atoms with E-state index in [9.17, 15) is 14.4 Å². The largest absolute Gasteiger partial charge is 0.459 e. The molecule has 1 atom stereocenters. The van der Waals surface area contributed by atoms with Crippen LogP contribution in [-0.4, -0.2) is 30.3 Å². The van der Waals surface area contributed by atoms with Gasteiger partial charge in [-0.1, -0.05) is 51.1 Å². The lowest BCUT2D eigenvalue weighted by atomic mass is 9.91. The highest BCUT2D eigenvalue weighted by atomic mass is 16.5. The molecule has 0 aliphatic heterocycles. The monoisotopic (exact) mass is 357 g/mol. The Bertz CT molecular complexity index is 744. The van der Waals surface area contributed by atoms with E-state index in [1.807, 2.05) is 30.3 Å². The highest BCUT2D eigenvalue weighted by molar-refractivity contribution is 5.95. The van der Waals surface area contributed by atoms with E-state index in [0.29, 0.717) is 0 Å². The van der Waals surface area contributed by atoms with Crippen molar-refractivity contribution in [3.05, 3.63) is 60.1 Å². The molecular weight excluding hydrogens is 334 g/mol. The Morgan fingerprint density at radius 3 is 2.35 bits per heavy atom. The van der Waals surface area contributed by atoms with Crippen molar-refractivity contribution < 1.29 is 23.5 Å². The van der Waals surface area contributed by atoms with Gasteiger partial charge < -0.3 is 14.5 Å². The third kappa shape index (κ3) is 5.58. The van der Waals surface area contributed by atoms with Crippen LogP contribution in [0, 0.1) is 5.41 Å². The van der Waals surface area contributed by atoms with Gasteiger partial charge in [-0.3, -0.25) is 9.59 Å². The minimum Gasteiger partial charge on any atom is -0.459 e. The number of amides is 1. The number of ketones is 1. The van der Waals surface area contributed by atoms with E-state index in [1.165, 1.54) is 12.3 Å². The molecule has 138 valence electrons. The fourth-order valence-corrected chi connectivity index (χ4v) is 2.13. The van der Waals surface area contributed by atoms with Gasteiger partial charge in [0.2, 0.25) is 0 Å². The first-order valence-electron chi connectivity index (χ1n) is 8.35. The summed E-state index contributed by atoms with van der Waals surface area (Å²) in [5, 5.41) is 2.61. The van der Waals surface area contributed by atoms with Crippen LogP contribution < -0.4 is 5.32 Å². The predicted octanol–water partition coefficient (Wildman–Crippen LogP) is 2.78. The number of benzene rings is 1. The zero-order valence-corrected chi connectivity index (χ0v) is 15.2. The van der Waals surface area contributed by atoms with Crippen molar-refractivity contribution in [2.45, 2.75) is 33.2 Å². The Hall–Kier alpha value is -2.89. The molecule has 0 aliphatic rings. The van der Waals surface area contributed by atoms with Crippen molar-refractivity contribution in [1.29, 1.82) is 0 Å². The first-order valence-corrected chi connectivity index (χ1v) is 8.35. The number of hydrogen-bond donors (Lipinski definition) is 1. The minimum absolute atomic E-state index is 0.0987. The van der Waals surface area contributed by atoms with Crippen LogP contribution >= 0.6 is 0 Å². The highest BCUT2D eigenvalue weighted by Crippen LogP contribution is 2.15. The van der Waals surface area contributed by atoms with Crippen LogP contribution in [0.2, 0.25) is 0 Å². The fourth-order valence-electron chi connectivity index (χ4n) is 2.13. The molecule has 2 aromatic rings. The quantitative estimate of drug-likeness (QED) is 0.770. The summed E-state index contributed by atoms with van der Waals surface area (Å²) in [5.41, 5.74) is 0.253. The third-order valence-electron chi connectivity index (χ3n) is 3.80. The summed E-state index contributed by atoms with van der Waals surface area (Å²) in [4.78, 5) is 36.7. The standard InChI is InChI=1S/C20H23NO5/c1-20(2,3)17(22)13-26-19(24)15(12-14-8-5-4-6-9-14)21-18(23)16-10-7-11-25-16/h4-11,15H,12-13H2,1-3H3,(H,21,23). The molecule has 0 radical (unpaired) electrons. The van der Waals surface area contributed by atoms with E-state index in [4.69, 9.17) is 9.15 Å². The van der Waals surface area contributed by atoms with Gasteiger partial charge in [-0.2, -0.15) is 0 Å². The molecule has 0 saturated heterocycles. The Labute approximate surface area is 152 Å². The van der Waals surface area contributed by atoms with Gasteiger partial charge in [-0.25, -0.2) is 4.79 Å².